The summed E-state index contributed by atoms with van der Waals surface area (Å²) in [5, 5.41) is 0.295. The summed E-state index contributed by atoms with van der Waals surface area (Å²) < 4.78 is 20.2. The van der Waals surface area contributed by atoms with Gasteiger partial charge in [0.15, 0.2) is 0 Å². The number of hydrazine groups is 1. The van der Waals surface area contributed by atoms with Crippen molar-refractivity contribution < 1.29 is 18.7 Å². The van der Waals surface area contributed by atoms with E-state index in [0.717, 1.165) is 5.69 Å². The van der Waals surface area contributed by atoms with Crippen molar-refractivity contribution in [2.24, 2.45) is 5.92 Å². The lowest BCUT2D eigenvalue weighted by Gasteiger charge is -2.17. The molecule has 1 aliphatic rings. The lowest BCUT2D eigenvalue weighted by atomic mass is 10.1. The van der Waals surface area contributed by atoms with Crippen LogP contribution < -0.4 is 20.5 Å². The van der Waals surface area contributed by atoms with Crippen molar-refractivity contribution in [3.8, 4) is 5.75 Å². The molecule has 0 spiro atoms. The molecule has 3 aromatic rings. The quantitative estimate of drug-likeness (QED) is 0.404. The third-order valence-electron chi connectivity index (χ3n) is 5.26. The van der Waals surface area contributed by atoms with Crippen molar-refractivity contribution in [1.29, 1.82) is 0 Å². The van der Waals surface area contributed by atoms with Crippen LogP contribution in [-0.2, 0) is 16.2 Å². The second kappa shape index (κ2) is 10.2. The van der Waals surface area contributed by atoms with E-state index in [1.54, 1.807) is 29.2 Å². The first-order valence-corrected chi connectivity index (χ1v) is 11.4. The first kappa shape index (κ1) is 23.1. The average molecular weight is 533 g/mol. The molecular formula is C24H20BrClFN3O3. The van der Waals surface area contributed by atoms with Crippen molar-refractivity contribution in [2.75, 3.05) is 16.9 Å². The minimum absolute atomic E-state index is 0.0265. The largest absolute Gasteiger partial charge is 0.488 e. The van der Waals surface area contributed by atoms with Gasteiger partial charge in [-0.3, -0.25) is 20.4 Å². The first-order valence-electron chi connectivity index (χ1n) is 10.2. The van der Waals surface area contributed by atoms with E-state index in [0.29, 0.717) is 27.5 Å². The Balaban J connectivity index is 1.32. The van der Waals surface area contributed by atoms with Gasteiger partial charge in [0.25, 0.3) is 0 Å². The van der Waals surface area contributed by atoms with E-state index in [1.165, 1.54) is 12.1 Å². The topological polar surface area (TPSA) is 70.7 Å². The highest BCUT2D eigenvalue weighted by Gasteiger charge is 2.35. The van der Waals surface area contributed by atoms with Gasteiger partial charge in [0, 0.05) is 24.2 Å². The number of para-hydroxylation sites is 1. The molecule has 9 heteroatoms. The summed E-state index contributed by atoms with van der Waals surface area (Å²) in [4.78, 5) is 26.5. The van der Waals surface area contributed by atoms with Crippen LogP contribution in [-0.4, -0.2) is 18.4 Å². The number of hydrogen-bond acceptors (Lipinski definition) is 4. The Morgan fingerprint density at radius 1 is 1.15 bits per heavy atom. The number of hydrogen-bond donors (Lipinski definition) is 2. The van der Waals surface area contributed by atoms with Crippen LogP contribution in [0.5, 0.6) is 5.75 Å². The maximum Gasteiger partial charge on any atom is 0.243 e. The van der Waals surface area contributed by atoms with Gasteiger partial charge in [-0.2, -0.15) is 0 Å². The molecule has 0 radical (unpaired) electrons. The Morgan fingerprint density at radius 3 is 2.67 bits per heavy atom. The van der Waals surface area contributed by atoms with Crippen molar-refractivity contribution in [1.82, 2.24) is 5.43 Å². The number of halogens is 3. The Hall–Kier alpha value is -3.10. The number of benzene rings is 3. The van der Waals surface area contributed by atoms with E-state index in [1.807, 2.05) is 30.3 Å². The fourth-order valence-corrected chi connectivity index (χ4v) is 4.20. The second-order valence-corrected chi connectivity index (χ2v) is 8.75. The molecule has 1 aliphatic heterocycles. The molecular weight excluding hydrogens is 513 g/mol. The molecule has 0 saturated carbocycles. The number of nitrogens with one attached hydrogen (secondary N) is 2. The van der Waals surface area contributed by atoms with E-state index in [9.17, 15) is 14.0 Å². The molecule has 2 amide bonds. The van der Waals surface area contributed by atoms with Gasteiger partial charge < -0.3 is 9.64 Å². The molecule has 1 heterocycles. The SMILES string of the molecule is O=C(NNc1ccc(OCc2c(F)cccc2Cl)c(Br)c1)[C@@H]1CC(=O)N(c2ccccc2)C1. The number of amides is 2. The predicted octanol–water partition coefficient (Wildman–Crippen LogP) is 5.32. The average Bonchev–Trinajstić information content (AvgIpc) is 3.20. The number of anilines is 2. The third-order valence-corrected chi connectivity index (χ3v) is 6.23. The normalized spacial score (nSPS) is 15.4. The Labute approximate surface area is 203 Å². The smallest absolute Gasteiger partial charge is 0.243 e. The lowest BCUT2D eigenvalue weighted by molar-refractivity contribution is -0.125. The van der Waals surface area contributed by atoms with Crippen molar-refractivity contribution in [3.05, 3.63) is 87.6 Å². The van der Waals surface area contributed by atoms with Gasteiger partial charge in [-0.15, -0.1) is 0 Å². The van der Waals surface area contributed by atoms with E-state index in [-0.39, 0.29) is 30.4 Å². The molecule has 0 unspecified atom stereocenters. The van der Waals surface area contributed by atoms with Crippen LogP contribution in [0.4, 0.5) is 15.8 Å². The molecule has 3 aromatic carbocycles. The maximum absolute atomic E-state index is 13.9. The molecule has 1 atom stereocenters. The summed E-state index contributed by atoms with van der Waals surface area (Å²) in [5.41, 5.74) is 7.17. The standard InChI is InChI=1S/C24H20BrClFN3O3/c25-19-12-16(9-10-22(19)33-14-18-20(26)7-4-8-21(18)27)28-29-24(32)15-11-23(31)30(13-15)17-5-2-1-3-6-17/h1-10,12,15,28H,11,13-14H2,(H,29,32)/t15-/m1/s1. The zero-order chi connectivity index (χ0) is 23.4. The highest BCUT2D eigenvalue weighted by molar-refractivity contribution is 9.10. The molecule has 33 heavy (non-hydrogen) atoms. The molecule has 0 bridgehead atoms. The molecule has 6 nitrogen and oxygen atoms in total. The summed E-state index contributed by atoms with van der Waals surface area (Å²) in [6.45, 7) is 0.298. The summed E-state index contributed by atoms with van der Waals surface area (Å²) in [5.74, 6) is -0.753. The van der Waals surface area contributed by atoms with Crippen LogP contribution >= 0.6 is 27.5 Å². The fraction of sp³-hybridized carbons (Fsp3) is 0.167. The van der Waals surface area contributed by atoms with Crippen molar-refractivity contribution in [3.63, 3.8) is 0 Å². The summed E-state index contributed by atoms with van der Waals surface area (Å²) in [6, 6.07) is 18.8. The van der Waals surface area contributed by atoms with Crippen LogP contribution in [0, 0.1) is 11.7 Å². The van der Waals surface area contributed by atoms with Crippen molar-refractivity contribution in [2.45, 2.75) is 13.0 Å². The highest BCUT2D eigenvalue weighted by atomic mass is 79.9. The molecule has 2 N–H and O–H groups in total. The molecule has 4 rings (SSSR count). The lowest BCUT2D eigenvalue weighted by Crippen LogP contribution is -2.36. The minimum atomic E-state index is -0.457. The van der Waals surface area contributed by atoms with Gasteiger partial charge in [0.05, 0.1) is 21.1 Å². The van der Waals surface area contributed by atoms with Crippen LogP contribution in [0.15, 0.2) is 71.2 Å². The van der Waals surface area contributed by atoms with Crippen LogP contribution in [0.1, 0.15) is 12.0 Å². The molecule has 1 saturated heterocycles. The first-order chi connectivity index (χ1) is 15.9. The van der Waals surface area contributed by atoms with E-state index >= 15 is 0 Å². The van der Waals surface area contributed by atoms with Gasteiger partial charge in [0.2, 0.25) is 11.8 Å². The van der Waals surface area contributed by atoms with Gasteiger partial charge in [-0.25, -0.2) is 4.39 Å². The van der Waals surface area contributed by atoms with E-state index in [2.05, 4.69) is 26.8 Å². The van der Waals surface area contributed by atoms with Crippen LogP contribution in [0.2, 0.25) is 5.02 Å². The monoisotopic (exact) mass is 531 g/mol. The summed E-state index contributed by atoms with van der Waals surface area (Å²) in [7, 11) is 0. The van der Waals surface area contributed by atoms with Gasteiger partial charge >= 0.3 is 0 Å². The Morgan fingerprint density at radius 2 is 1.94 bits per heavy atom. The van der Waals surface area contributed by atoms with E-state index in [4.69, 9.17) is 16.3 Å². The number of nitrogens with zero attached hydrogens (tertiary/aromatic N) is 1. The number of rotatable bonds is 7. The molecule has 1 fully saturated rings. The third kappa shape index (κ3) is 5.46. The number of ether oxygens (including phenoxy) is 1. The molecule has 170 valence electrons. The maximum atomic E-state index is 13.9. The summed E-state index contributed by atoms with van der Waals surface area (Å²) in [6.07, 6.45) is 0.150. The Bertz CT molecular complexity index is 1160. The highest BCUT2D eigenvalue weighted by Crippen LogP contribution is 2.30. The van der Waals surface area contributed by atoms with Crippen molar-refractivity contribution >= 4 is 50.7 Å². The fourth-order valence-electron chi connectivity index (χ4n) is 3.49. The minimum Gasteiger partial charge on any atom is -0.488 e. The number of carbonyl (C=O) groups is 2. The predicted molar refractivity (Wildman–Crippen MR) is 129 cm³/mol. The Kier molecular flexibility index (Phi) is 7.15. The van der Waals surface area contributed by atoms with Crippen LogP contribution in [0.25, 0.3) is 0 Å². The van der Waals surface area contributed by atoms with Gasteiger partial charge in [-0.05, 0) is 58.4 Å². The van der Waals surface area contributed by atoms with Crippen LogP contribution in [0.3, 0.4) is 0 Å². The van der Waals surface area contributed by atoms with Gasteiger partial charge in [0.1, 0.15) is 18.2 Å². The molecule has 0 aromatic heterocycles. The zero-order valence-corrected chi connectivity index (χ0v) is 19.7. The van der Waals surface area contributed by atoms with Gasteiger partial charge in [-0.1, -0.05) is 35.9 Å². The second-order valence-electron chi connectivity index (χ2n) is 7.49. The zero-order valence-electron chi connectivity index (χ0n) is 17.4. The molecule has 0 aliphatic carbocycles. The number of carbonyl (C=O) groups excluding carboxylic acids is 2. The van der Waals surface area contributed by atoms with E-state index < -0.39 is 11.7 Å². The summed E-state index contributed by atoms with van der Waals surface area (Å²) >= 11 is 9.45.